The highest BCUT2D eigenvalue weighted by molar-refractivity contribution is 6.30. The number of nitrogens with one attached hydrogen (secondary N) is 1. The number of methoxy groups -OCH3 is 2. The summed E-state index contributed by atoms with van der Waals surface area (Å²) in [4.78, 5) is 27.5. The Morgan fingerprint density at radius 2 is 1.69 bits per heavy atom. The maximum atomic E-state index is 13.2. The number of hydrogen-bond acceptors (Lipinski definition) is 4. The van der Waals surface area contributed by atoms with Crippen LogP contribution in [0.2, 0.25) is 5.02 Å². The fraction of sp³-hybridized carbons (Fsp3) is 0.440. The van der Waals surface area contributed by atoms with E-state index in [4.69, 9.17) is 21.1 Å². The molecule has 0 spiro atoms. The van der Waals surface area contributed by atoms with E-state index in [1.807, 2.05) is 30.3 Å². The predicted molar refractivity (Wildman–Crippen MR) is 127 cm³/mol. The Bertz CT molecular complexity index is 886. The van der Waals surface area contributed by atoms with Gasteiger partial charge in [0.15, 0.2) is 11.5 Å². The highest BCUT2D eigenvalue weighted by Crippen LogP contribution is 2.28. The number of ether oxygens (including phenoxy) is 2. The standard InChI is InChI=1S/C25H33ClN2O4/c1-5-6-15-27-25(30)18(2)28(17-20-7-11-21(26)12-8-20)24(29)14-10-19-9-13-22(31-3)23(16-19)32-4/h7-9,11-13,16,18H,5-6,10,14-15,17H2,1-4H3,(H,27,30). The van der Waals surface area contributed by atoms with Crippen molar-refractivity contribution in [3.8, 4) is 11.5 Å². The lowest BCUT2D eigenvalue weighted by Crippen LogP contribution is -2.47. The number of carbonyl (C=O) groups is 2. The molecule has 0 fully saturated rings. The first-order valence-corrected chi connectivity index (χ1v) is 11.3. The molecule has 174 valence electrons. The molecule has 0 aliphatic carbocycles. The molecule has 0 aliphatic heterocycles. The second-order valence-corrected chi connectivity index (χ2v) is 8.09. The van der Waals surface area contributed by atoms with E-state index in [9.17, 15) is 9.59 Å². The zero-order valence-corrected chi connectivity index (χ0v) is 20.1. The molecule has 2 aromatic rings. The van der Waals surface area contributed by atoms with Gasteiger partial charge in [0.05, 0.1) is 14.2 Å². The van der Waals surface area contributed by atoms with E-state index in [1.165, 1.54) is 0 Å². The number of nitrogens with zero attached hydrogens (tertiary/aromatic N) is 1. The number of unbranched alkanes of at least 4 members (excludes halogenated alkanes) is 1. The van der Waals surface area contributed by atoms with E-state index < -0.39 is 6.04 Å². The monoisotopic (exact) mass is 460 g/mol. The number of rotatable bonds is 12. The minimum atomic E-state index is -0.583. The van der Waals surface area contributed by atoms with Crippen LogP contribution < -0.4 is 14.8 Å². The highest BCUT2D eigenvalue weighted by atomic mass is 35.5. The zero-order chi connectivity index (χ0) is 23.5. The molecule has 0 bridgehead atoms. The third kappa shape index (κ3) is 7.45. The Morgan fingerprint density at radius 1 is 1.03 bits per heavy atom. The minimum Gasteiger partial charge on any atom is -0.493 e. The summed E-state index contributed by atoms with van der Waals surface area (Å²) in [5, 5.41) is 3.56. The van der Waals surface area contributed by atoms with Gasteiger partial charge in [-0.1, -0.05) is 43.1 Å². The van der Waals surface area contributed by atoms with Gasteiger partial charge in [0.2, 0.25) is 11.8 Å². The summed E-state index contributed by atoms with van der Waals surface area (Å²) < 4.78 is 10.6. The van der Waals surface area contributed by atoms with Gasteiger partial charge in [0, 0.05) is 24.5 Å². The van der Waals surface area contributed by atoms with E-state index in [0.29, 0.717) is 36.0 Å². The number of amides is 2. The van der Waals surface area contributed by atoms with Gasteiger partial charge < -0.3 is 19.7 Å². The summed E-state index contributed by atoms with van der Waals surface area (Å²) in [5.41, 5.74) is 1.88. The van der Waals surface area contributed by atoms with Crippen molar-refractivity contribution in [3.05, 3.63) is 58.6 Å². The van der Waals surface area contributed by atoms with Crippen molar-refractivity contribution < 1.29 is 19.1 Å². The van der Waals surface area contributed by atoms with Crippen LogP contribution in [0.1, 0.15) is 44.2 Å². The first-order chi connectivity index (χ1) is 15.4. The summed E-state index contributed by atoms with van der Waals surface area (Å²) in [7, 11) is 3.17. The van der Waals surface area contributed by atoms with Gasteiger partial charge in [0.1, 0.15) is 6.04 Å². The second kappa shape index (κ2) is 13.0. The van der Waals surface area contributed by atoms with Crippen molar-refractivity contribution in [2.45, 2.75) is 52.1 Å². The molecule has 0 aromatic heterocycles. The first-order valence-electron chi connectivity index (χ1n) is 10.9. The van der Waals surface area contributed by atoms with Gasteiger partial charge in [-0.05, 0) is 55.2 Å². The predicted octanol–water partition coefficient (Wildman–Crippen LogP) is 4.62. The van der Waals surface area contributed by atoms with Gasteiger partial charge in [-0.3, -0.25) is 9.59 Å². The number of benzene rings is 2. The normalized spacial score (nSPS) is 11.5. The van der Waals surface area contributed by atoms with Gasteiger partial charge in [0.25, 0.3) is 0 Å². The maximum absolute atomic E-state index is 13.2. The Balaban J connectivity index is 2.13. The van der Waals surface area contributed by atoms with E-state index in [2.05, 4.69) is 12.2 Å². The lowest BCUT2D eigenvalue weighted by Gasteiger charge is -2.29. The van der Waals surface area contributed by atoms with Crippen molar-refractivity contribution in [2.24, 2.45) is 0 Å². The molecular weight excluding hydrogens is 428 g/mol. The Hall–Kier alpha value is -2.73. The zero-order valence-electron chi connectivity index (χ0n) is 19.3. The summed E-state index contributed by atoms with van der Waals surface area (Å²) in [6, 6.07) is 12.4. The van der Waals surface area contributed by atoms with Gasteiger partial charge in [-0.25, -0.2) is 0 Å². The van der Waals surface area contributed by atoms with E-state index in [1.54, 1.807) is 38.2 Å². The Labute approximate surface area is 195 Å². The smallest absolute Gasteiger partial charge is 0.242 e. The third-order valence-electron chi connectivity index (χ3n) is 5.34. The molecule has 0 saturated heterocycles. The van der Waals surface area contributed by atoms with Crippen molar-refractivity contribution in [1.82, 2.24) is 10.2 Å². The van der Waals surface area contributed by atoms with Crippen LogP contribution in [-0.4, -0.2) is 43.5 Å². The van der Waals surface area contributed by atoms with Crippen LogP contribution in [0, 0.1) is 0 Å². The summed E-state index contributed by atoms with van der Waals surface area (Å²) in [6.07, 6.45) is 2.70. The van der Waals surface area contributed by atoms with Crippen LogP contribution in [0.25, 0.3) is 0 Å². The largest absolute Gasteiger partial charge is 0.493 e. The number of hydrogen-bond donors (Lipinski definition) is 1. The molecule has 0 aliphatic rings. The Kier molecular flexibility index (Phi) is 10.3. The summed E-state index contributed by atoms with van der Waals surface area (Å²) >= 11 is 5.99. The van der Waals surface area contributed by atoms with Crippen LogP contribution >= 0.6 is 11.6 Å². The molecule has 6 nitrogen and oxygen atoms in total. The molecule has 0 saturated carbocycles. The quantitative estimate of drug-likeness (QED) is 0.469. The molecule has 0 radical (unpaired) electrons. The van der Waals surface area contributed by atoms with Crippen molar-refractivity contribution in [3.63, 3.8) is 0 Å². The number of aryl methyl sites for hydroxylation is 1. The van der Waals surface area contributed by atoms with Crippen LogP contribution in [-0.2, 0) is 22.6 Å². The number of carbonyl (C=O) groups excluding carboxylic acids is 2. The fourth-order valence-electron chi connectivity index (χ4n) is 3.34. The lowest BCUT2D eigenvalue weighted by molar-refractivity contribution is -0.140. The molecule has 7 heteroatoms. The molecule has 1 unspecified atom stereocenters. The molecule has 2 aromatic carbocycles. The highest BCUT2D eigenvalue weighted by Gasteiger charge is 2.25. The topological polar surface area (TPSA) is 67.9 Å². The van der Waals surface area contributed by atoms with Crippen molar-refractivity contribution in [2.75, 3.05) is 20.8 Å². The molecule has 0 heterocycles. The maximum Gasteiger partial charge on any atom is 0.242 e. The molecular formula is C25H33ClN2O4. The van der Waals surface area contributed by atoms with E-state index >= 15 is 0 Å². The van der Waals surface area contributed by atoms with Crippen LogP contribution in [0.3, 0.4) is 0 Å². The molecule has 1 N–H and O–H groups in total. The average Bonchev–Trinajstić information content (AvgIpc) is 2.81. The molecule has 1 atom stereocenters. The third-order valence-corrected chi connectivity index (χ3v) is 5.59. The molecule has 32 heavy (non-hydrogen) atoms. The number of halogens is 1. The molecule has 2 amide bonds. The van der Waals surface area contributed by atoms with Crippen LogP contribution in [0.15, 0.2) is 42.5 Å². The van der Waals surface area contributed by atoms with Crippen LogP contribution in [0.5, 0.6) is 11.5 Å². The summed E-state index contributed by atoms with van der Waals surface area (Å²) in [5.74, 6) is 1.03. The fourth-order valence-corrected chi connectivity index (χ4v) is 3.46. The summed E-state index contributed by atoms with van der Waals surface area (Å²) in [6.45, 7) is 4.78. The lowest BCUT2D eigenvalue weighted by atomic mass is 10.1. The molecule has 2 rings (SSSR count). The van der Waals surface area contributed by atoms with Gasteiger partial charge in [-0.15, -0.1) is 0 Å². The average molecular weight is 461 g/mol. The first kappa shape index (κ1) is 25.5. The minimum absolute atomic E-state index is 0.0899. The van der Waals surface area contributed by atoms with Crippen molar-refractivity contribution in [1.29, 1.82) is 0 Å². The van der Waals surface area contributed by atoms with Gasteiger partial charge >= 0.3 is 0 Å². The van der Waals surface area contributed by atoms with E-state index in [0.717, 1.165) is 24.0 Å². The van der Waals surface area contributed by atoms with Gasteiger partial charge in [-0.2, -0.15) is 0 Å². The SMILES string of the molecule is CCCCNC(=O)C(C)N(Cc1ccc(Cl)cc1)C(=O)CCc1ccc(OC)c(OC)c1. The van der Waals surface area contributed by atoms with Crippen molar-refractivity contribution >= 4 is 23.4 Å². The van der Waals surface area contributed by atoms with Crippen LogP contribution in [0.4, 0.5) is 0 Å². The van der Waals surface area contributed by atoms with E-state index in [-0.39, 0.29) is 18.2 Å². The Morgan fingerprint density at radius 3 is 2.31 bits per heavy atom. The second-order valence-electron chi connectivity index (χ2n) is 7.66.